The van der Waals surface area contributed by atoms with Gasteiger partial charge in [-0.2, -0.15) is 0 Å². The summed E-state index contributed by atoms with van der Waals surface area (Å²) in [5.74, 6) is -2.43. The number of hydrogen-bond donors (Lipinski definition) is 2. The topological polar surface area (TPSA) is 119 Å². The third-order valence-electron chi connectivity index (χ3n) is 2.59. The summed E-state index contributed by atoms with van der Waals surface area (Å²) < 4.78 is 10.1. The highest BCUT2D eigenvalue weighted by Gasteiger charge is 2.23. The van der Waals surface area contributed by atoms with E-state index in [4.69, 9.17) is 19.7 Å². The highest BCUT2D eigenvalue weighted by atomic mass is 16.5. The van der Waals surface area contributed by atoms with Gasteiger partial charge in [0.05, 0.1) is 14.2 Å². The van der Waals surface area contributed by atoms with E-state index in [1.54, 1.807) is 0 Å². The van der Waals surface area contributed by atoms with Gasteiger partial charge in [-0.25, -0.2) is 19.6 Å². The third-order valence-corrected chi connectivity index (χ3v) is 2.59. The molecule has 2 rings (SSSR count). The van der Waals surface area contributed by atoms with Crippen LogP contribution >= 0.6 is 0 Å². The van der Waals surface area contributed by atoms with Crippen molar-refractivity contribution >= 4 is 23.0 Å². The van der Waals surface area contributed by atoms with Crippen molar-refractivity contribution in [3.63, 3.8) is 0 Å². The van der Waals surface area contributed by atoms with Crippen LogP contribution in [0, 0.1) is 0 Å². The molecule has 0 amide bonds. The lowest BCUT2D eigenvalue weighted by molar-refractivity contribution is 0.0642. The summed E-state index contributed by atoms with van der Waals surface area (Å²) in [6.45, 7) is 0. The molecule has 20 heavy (non-hydrogen) atoms. The normalized spacial score (nSPS) is 10.3. The number of nitrogens with zero attached hydrogens (tertiary/aromatic N) is 2. The second-order valence-electron chi connectivity index (χ2n) is 3.70. The molecule has 0 aliphatic heterocycles. The number of aromatic nitrogens is 2. The summed E-state index contributed by atoms with van der Waals surface area (Å²) >= 11 is 0. The van der Waals surface area contributed by atoms with Gasteiger partial charge in [-0.05, 0) is 12.1 Å². The fourth-order valence-electron chi connectivity index (χ4n) is 1.72. The Morgan fingerprint density at radius 3 is 1.50 bits per heavy atom. The van der Waals surface area contributed by atoms with E-state index in [0.717, 1.165) is 0 Å². The van der Waals surface area contributed by atoms with Gasteiger partial charge in [0.2, 0.25) is 0 Å². The predicted molar refractivity (Wildman–Crippen MR) is 66.6 cm³/mol. The summed E-state index contributed by atoms with van der Waals surface area (Å²) in [6.07, 6.45) is 0. The molecule has 1 aromatic carbocycles. The van der Waals surface area contributed by atoms with Gasteiger partial charge in [-0.1, -0.05) is 0 Å². The second-order valence-corrected chi connectivity index (χ2v) is 3.70. The molecule has 0 spiro atoms. The van der Waals surface area contributed by atoms with Crippen molar-refractivity contribution < 1.29 is 29.3 Å². The zero-order valence-electron chi connectivity index (χ0n) is 10.6. The molecular weight excluding hydrogens is 268 g/mol. The molecule has 0 saturated heterocycles. The Bertz CT molecular complexity index is 652. The minimum atomic E-state index is -1.48. The number of fused-ring (bicyclic) bond motifs is 1. The Kier molecular flexibility index (Phi) is 3.38. The van der Waals surface area contributed by atoms with Crippen LogP contribution in [-0.4, -0.2) is 46.3 Å². The number of hydrogen-bond acceptors (Lipinski definition) is 6. The number of carbonyl (C=O) groups is 2. The Morgan fingerprint density at radius 2 is 1.25 bits per heavy atom. The average molecular weight is 278 g/mol. The van der Waals surface area contributed by atoms with Crippen molar-refractivity contribution in [2.24, 2.45) is 0 Å². The maximum atomic E-state index is 11.1. The Labute approximate surface area is 112 Å². The van der Waals surface area contributed by atoms with Crippen LogP contribution in [0.3, 0.4) is 0 Å². The summed E-state index contributed by atoms with van der Waals surface area (Å²) in [5, 5.41) is 18.1. The zero-order valence-corrected chi connectivity index (χ0v) is 10.6. The van der Waals surface area contributed by atoms with Crippen molar-refractivity contribution in [2.75, 3.05) is 14.2 Å². The summed E-state index contributed by atoms with van der Waals surface area (Å²) in [7, 11) is 2.77. The van der Waals surface area contributed by atoms with E-state index in [2.05, 4.69) is 9.97 Å². The van der Waals surface area contributed by atoms with Crippen LogP contribution in [0.4, 0.5) is 0 Å². The van der Waals surface area contributed by atoms with Crippen LogP contribution in [0.5, 0.6) is 11.5 Å². The molecule has 0 aliphatic rings. The van der Waals surface area contributed by atoms with Crippen molar-refractivity contribution in [3.05, 3.63) is 23.5 Å². The first kappa shape index (κ1) is 13.5. The fraction of sp³-hybridized carbons (Fsp3) is 0.167. The average Bonchev–Trinajstić information content (AvgIpc) is 2.44. The predicted octanol–water partition coefficient (Wildman–Crippen LogP) is 1.04. The second kappa shape index (κ2) is 5.00. The molecule has 8 heteroatoms. The zero-order chi connectivity index (χ0) is 14.9. The highest BCUT2D eigenvalue weighted by Crippen LogP contribution is 2.31. The maximum Gasteiger partial charge on any atom is 0.357 e. The summed E-state index contributed by atoms with van der Waals surface area (Å²) in [5.41, 5.74) is -1.07. The molecule has 2 N–H and O–H groups in total. The molecule has 0 radical (unpaired) electrons. The van der Waals surface area contributed by atoms with Gasteiger partial charge >= 0.3 is 11.9 Å². The van der Waals surface area contributed by atoms with E-state index in [9.17, 15) is 9.59 Å². The van der Waals surface area contributed by atoms with E-state index in [1.807, 2.05) is 0 Å². The third kappa shape index (κ3) is 2.07. The smallest absolute Gasteiger partial charge is 0.357 e. The van der Waals surface area contributed by atoms with Gasteiger partial charge in [0.15, 0.2) is 11.4 Å². The van der Waals surface area contributed by atoms with Gasteiger partial charge in [-0.3, -0.25) is 0 Å². The first-order chi connectivity index (χ1) is 9.49. The van der Waals surface area contributed by atoms with E-state index in [-0.39, 0.29) is 22.5 Å². The molecule has 0 fully saturated rings. The number of carboxylic acids is 2. The minimum absolute atomic E-state index is 0.120. The van der Waals surface area contributed by atoms with Crippen molar-refractivity contribution in [1.29, 1.82) is 0 Å². The molecule has 0 unspecified atom stereocenters. The fourth-order valence-corrected chi connectivity index (χ4v) is 1.72. The van der Waals surface area contributed by atoms with Gasteiger partial charge in [-0.15, -0.1) is 0 Å². The first-order valence-electron chi connectivity index (χ1n) is 5.39. The monoisotopic (exact) mass is 278 g/mol. The van der Waals surface area contributed by atoms with Gasteiger partial charge in [0.25, 0.3) is 0 Å². The van der Waals surface area contributed by atoms with E-state index >= 15 is 0 Å². The van der Waals surface area contributed by atoms with Gasteiger partial charge in [0, 0.05) is 0 Å². The standard InChI is InChI=1S/C12H10N2O6/c1-19-5-3-4-6(20-2)8-7(5)13-9(11(15)16)10(14-8)12(17)18/h3-4H,1-2H3,(H,15,16)(H,17,18). The number of aromatic carboxylic acids is 2. The molecule has 0 aliphatic carbocycles. The molecule has 1 heterocycles. The molecule has 8 nitrogen and oxygen atoms in total. The van der Waals surface area contributed by atoms with Crippen LogP contribution < -0.4 is 9.47 Å². The molecular formula is C12H10N2O6. The molecule has 2 aromatic rings. The molecule has 1 aromatic heterocycles. The molecule has 0 bridgehead atoms. The highest BCUT2D eigenvalue weighted by molar-refractivity contribution is 6.02. The Balaban J connectivity index is 2.92. The molecule has 0 saturated carbocycles. The Hall–Kier alpha value is -2.90. The maximum absolute atomic E-state index is 11.1. The summed E-state index contributed by atoms with van der Waals surface area (Å²) in [4.78, 5) is 29.8. The molecule has 0 atom stereocenters. The van der Waals surface area contributed by atoms with Crippen LogP contribution in [0.25, 0.3) is 11.0 Å². The number of methoxy groups -OCH3 is 2. The van der Waals surface area contributed by atoms with Crippen LogP contribution in [-0.2, 0) is 0 Å². The molecule has 104 valence electrons. The lowest BCUT2D eigenvalue weighted by atomic mass is 10.2. The van der Waals surface area contributed by atoms with Gasteiger partial charge in [0.1, 0.15) is 22.5 Å². The summed E-state index contributed by atoms with van der Waals surface area (Å²) in [6, 6.07) is 3.06. The lowest BCUT2D eigenvalue weighted by Crippen LogP contribution is -2.14. The number of rotatable bonds is 4. The number of benzene rings is 1. The largest absolute Gasteiger partial charge is 0.494 e. The quantitative estimate of drug-likeness (QED) is 0.851. The van der Waals surface area contributed by atoms with Crippen LogP contribution in [0.1, 0.15) is 21.0 Å². The van der Waals surface area contributed by atoms with Crippen molar-refractivity contribution in [3.8, 4) is 11.5 Å². The SMILES string of the molecule is COc1ccc(OC)c2nc(C(=O)O)c(C(=O)O)nc12. The van der Waals surface area contributed by atoms with Crippen LogP contribution in [0.2, 0.25) is 0 Å². The minimum Gasteiger partial charge on any atom is -0.494 e. The number of carboxylic acid groups (broad SMARTS) is 2. The van der Waals surface area contributed by atoms with E-state index in [1.165, 1.54) is 26.4 Å². The van der Waals surface area contributed by atoms with Crippen LogP contribution in [0.15, 0.2) is 12.1 Å². The van der Waals surface area contributed by atoms with Gasteiger partial charge < -0.3 is 19.7 Å². The van der Waals surface area contributed by atoms with Crippen molar-refractivity contribution in [1.82, 2.24) is 9.97 Å². The van der Waals surface area contributed by atoms with Crippen molar-refractivity contribution in [2.45, 2.75) is 0 Å². The van der Waals surface area contributed by atoms with E-state index in [0.29, 0.717) is 0 Å². The van der Waals surface area contributed by atoms with E-state index < -0.39 is 23.3 Å². The first-order valence-corrected chi connectivity index (χ1v) is 5.39. The lowest BCUT2D eigenvalue weighted by Gasteiger charge is -2.10. The number of ether oxygens (including phenoxy) is 2. The Morgan fingerprint density at radius 1 is 0.900 bits per heavy atom.